The molecule has 1 aromatic carbocycles. The molecule has 0 spiro atoms. The molecule has 0 fully saturated rings. The van der Waals surface area contributed by atoms with Crippen molar-refractivity contribution in [3.8, 4) is 0 Å². The number of nitrogens with zero attached hydrogens (tertiary/aromatic N) is 1. The van der Waals surface area contributed by atoms with E-state index in [1.807, 2.05) is 0 Å². The average molecular weight is 347 g/mol. The number of hydrogen-bond donors (Lipinski definition) is 2. The Morgan fingerprint density at radius 2 is 2.21 bits per heavy atom. The van der Waals surface area contributed by atoms with Crippen molar-refractivity contribution >= 4 is 39.1 Å². The third-order valence-electron chi connectivity index (χ3n) is 2.15. The molecule has 0 unspecified atom stereocenters. The Labute approximate surface area is 120 Å². The number of rotatable bonds is 2. The number of amides is 1. The van der Waals surface area contributed by atoms with Gasteiger partial charge in [0.1, 0.15) is 11.5 Å². The fourth-order valence-electron chi connectivity index (χ4n) is 1.31. The largest absolute Gasteiger partial charge is 0.325 e. The summed E-state index contributed by atoms with van der Waals surface area (Å²) in [6, 6.07) is 2.24. The van der Waals surface area contributed by atoms with Crippen molar-refractivity contribution in [3.05, 3.63) is 55.9 Å². The van der Waals surface area contributed by atoms with E-state index in [4.69, 9.17) is 11.6 Å². The number of benzene rings is 1. The van der Waals surface area contributed by atoms with Gasteiger partial charge in [0.25, 0.3) is 11.5 Å². The molecule has 2 rings (SSSR count). The number of carbonyl (C=O) groups excluding carboxylic acids is 1. The number of halogens is 3. The second-order valence-corrected chi connectivity index (χ2v) is 4.76. The molecule has 0 bridgehead atoms. The van der Waals surface area contributed by atoms with Crippen molar-refractivity contribution in [2.24, 2.45) is 0 Å². The van der Waals surface area contributed by atoms with Gasteiger partial charge in [-0.3, -0.25) is 9.59 Å². The van der Waals surface area contributed by atoms with Gasteiger partial charge in [-0.25, -0.2) is 9.37 Å². The van der Waals surface area contributed by atoms with Gasteiger partial charge in [0.2, 0.25) is 0 Å². The first-order valence-corrected chi connectivity index (χ1v) is 6.15. The highest BCUT2D eigenvalue weighted by Gasteiger charge is 2.13. The maximum Gasteiger partial charge on any atom is 0.275 e. The van der Waals surface area contributed by atoms with Crippen LogP contribution in [-0.2, 0) is 0 Å². The number of anilines is 1. The molecule has 0 radical (unpaired) electrons. The van der Waals surface area contributed by atoms with Gasteiger partial charge in [-0.05, 0) is 28.1 Å². The van der Waals surface area contributed by atoms with Crippen LogP contribution in [0.2, 0.25) is 5.02 Å². The van der Waals surface area contributed by atoms with Crippen LogP contribution in [0.5, 0.6) is 0 Å². The van der Waals surface area contributed by atoms with Gasteiger partial charge in [0, 0.05) is 10.7 Å². The van der Waals surface area contributed by atoms with E-state index in [0.29, 0.717) is 4.47 Å². The van der Waals surface area contributed by atoms with Crippen LogP contribution in [0.3, 0.4) is 0 Å². The van der Waals surface area contributed by atoms with Gasteiger partial charge < -0.3 is 10.3 Å². The molecule has 0 aliphatic heterocycles. The Bertz CT molecular complexity index is 661. The van der Waals surface area contributed by atoms with Crippen LogP contribution in [0, 0.1) is 5.82 Å². The molecule has 1 heterocycles. The molecule has 0 saturated heterocycles. The standard InChI is InChI=1S/C11H6BrClFN3O2/c12-6-1-5(14)2-7(13)10(6)17-11(19)8-3-16-9(18)4-15-8/h1-4H,(H,16,18)(H,17,19). The quantitative estimate of drug-likeness (QED) is 0.877. The van der Waals surface area contributed by atoms with Crippen LogP contribution >= 0.6 is 27.5 Å². The summed E-state index contributed by atoms with van der Waals surface area (Å²) < 4.78 is 13.3. The molecule has 0 aliphatic rings. The van der Waals surface area contributed by atoms with Crippen molar-refractivity contribution in [1.82, 2.24) is 9.97 Å². The number of hydrogen-bond acceptors (Lipinski definition) is 3. The molecule has 0 aliphatic carbocycles. The molecule has 1 amide bonds. The molecule has 2 aromatic rings. The molecule has 0 atom stereocenters. The normalized spacial score (nSPS) is 10.3. The second kappa shape index (κ2) is 5.50. The first-order valence-electron chi connectivity index (χ1n) is 4.98. The zero-order valence-electron chi connectivity index (χ0n) is 9.21. The van der Waals surface area contributed by atoms with Crippen LogP contribution < -0.4 is 10.9 Å². The lowest BCUT2D eigenvalue weighted by molar-refractivity contribution is 0.102. The Kier molecular flexibility index (Phi) is 3.96. The summed E-state index contributed by atoms with van der Waals surface area (Å²) in [5, 5.41) is 2.52. The Morgan fingerprint density at radius 3 is 2.79 bits per heavy atom. The van der Waals surface area contributed by atoms with Gasteiger partial charge in [-0.2, -0.15) is 0 Å². The minimum Gasteiger partial charge on any atom is -0.325 e. The van der Waals surface area contributed by atoms with E-state index >= 15 is 0 Å². The lowest BCUT2D eigenvalue weighted by atomic mass is 10.3. The first kappa shape index (κ1) is 13.7. The highest BCUT2D eigenvalue weighted by molar-refractivity contribution is 9.10. The molecule has 8 heteroatoms. The summed E-state index contributed by atoms with van der Waals surface area (Å²) >= 11 is 8.92. The smallest absolute Gasteiger partial charge is 0.275 e. The van der Waals surface area contributed by atoms with Crippen molar-refractivity contribution in [2.45, 2.75) is 0 Å². The number of aromatic nitrogens is 2. The van der Waals surface area contributed by atoms with Crippen LogP contribution in [0.4, 0.5) is 10.1 Å². The van der Waals surface area contributed by atoms with E-state index in [2.05, 4.69) is 31.2 Å². The predicted octanol–water partition coefficient (Wildman–Crippen LogP) is 2.58. The topological polar surface area (TPSA) is 74.8 Å². The minimum absolute atomic E-state index is 0.00638. The molecular formula is C11H6BrClFN3O2. The summed E-state index contributed by atoms with van der Waals surface area (Å²) in [7, 11) is 0. The van der Waals surface area contributed by atoms with Crippen LogP contribution in [0.25, 0.3) is 0 Å². The van der Waals surface area contributed by atoms with Crippen LogP contribution in [0.15, 0.2) is 33.8 Å². The van der Waals surface area contributed by atoms with E-state index in [9.17, 15) is 14.0 Å². The highest BCUT2D eigenvalue weighted by Crippen LogP contribution is 2.31. The fourth-order valence-corrected chi connectivity index (χ4v) is 2.20. The van der Waals surface area contributed by atoms with E-state index in [1.165, 1.54) is 12.3 Å². The molecule has 5 nitrogen and oxygen atoms in total. The number of H-pyrrole nitrogens is 1. The third-order valence-corrected chi connectivity index (χ3v) is 3.07. The second-order valence-electron chi connectivity index (χ2n) is 3.49. The van der Waals surface area contributed by atoms with Gasteiger partial charge >= 0.3 is 0 Å². The van der Waals surface area contributed by atoms with Crippen molar-refractivity contribution in [3.63, 3.8) is 0 Å². The zero-order valence-corrected chi connectivity index (χ0v) is 11.5. The van der Waals surface area contributed by atoms with Crippen molar-refractivity contribution in [2.75, 3.05) is 5.32 Å². The first-order chi connectivity index (χ1) is 8.97. The molecule has 98 valence electrons. The number of carbonyl (C=O) groups is 1. The maximum absolute atomic E-state index is 13.0. The summed E-state index contributed by atoms with van der Waals surface area (Å²) in [6.07, 6.45) is 2.15. The summed E-state index contributed by atoms with van der Waals surface area (Å²) in [4.78, 5) is 28.7. The predicted molar refractivity (Wildman–Crippen MR) is 71.9 cm³/mol. The van der Waals surface area contributed by atoms with Crippen molar-refractivity contribution in [1.29, 1.82) is 0 Å². The van der Waals surface area contributed by atoms with Crippen molar-refractivity contribution < 1.29 is 9.18 Å². The SMILES string of the molecule is O=C(Nc1c(Cl)cc(F)cc1Br)c1c[nH]c(=O)cn1. The van der Waals surface area contributed by atoms with Gasteiger partial charge in [-0.15, -0.1) is 0 Å². The molecule has 2 N–H and O–H groups in total. The van der Waals surface area contributed by atoms with Gasteiger partial charge in [-0.1, -0.05) is 11.6 Å². The number of nitrogens with one attached hydrogen (secondary N) is 2. The van der Waals surface area contributed by atoms with Gasteiger partial charge in [0.05, 0.1) is 16.9 Å². The highest BCUT2D eigenvalue weighted by atomic mass is 79.9. The molecular weight excluding hydrogens is 340 g/mol. The third kappa shape index (κ3) is 3.18. The Hall–Kier alpha value is -1.73. The van der Waals surface area contributed by atoms with E-state index in [1.54, 1.807) is 0 Å². The molecule has 0 saturated carbocycles. The lowest BCUT2D eigenvalue weighted by Crippen LogP contribution is -2.17. The minimum atomic E-state index is -0.578. The van der Waals surface area contributed by atoms with E-state index < -0.39 is 17.3 Å². The maximum atomic E-state index is 13.0. The van der Waals surface area contributed by atoms with Gasteiger partial charge in [0.15, 0.2) is 0 Å². The fraction of sp³-hybridized carbons (Fsp3) is 0. The summed E-state index contributed by atoms with van der Waals surface area (Å²) in [5.41, 5.74) is -0.189. The average Bonchev–Trinajstić information content (AvgIpc) is 2.34. The van der Waals surface area contributed by atoms with E-state index in [0.717, 1.165) is 12.3 Å². The van der Waals surface area contributed by atoms with Crippen LogP contribution in [0.1, 0.15) is 10.5 Å². The number of aromatic amines is 1. The summed E-state index contributed by atoms with van der Waals surface area (Å²) in [5.74, 6) is -1.11. The Balaban J connectivity index is 2.29. The monoisotopic (exact) mass is 345 g/mol. The van der Waals surface area contributed by atoms with E-state index in [-0.39, 0.29) is 16.4 Å². The lowest BCUT2D eigenvalue weighted by Gasteiger charge is -2.09. The zero-order chi connectivity index (χ0) is 14.0. The van der Waals surface area contributed by atoms with Crippen LogP contribution in [-0.4, -0.2) is 15.9 Å². The Morgan fingerprint density at radius 1 is 1.47 bits per heavy atom. The molecule has 19 heavy (non-hydrogen) atoms. The molecule has 1 aromatic heterocycles. The summed E-state index contributed by atoms with van der Waals surface area (Å²) in [6.45, 7) is 0.